The molecule has 0 saturated heterocycles. The standard InChI is InChI=1S/C10H11O3P/c11-14(12,13-9-5-4-6-9)10-7-2-1-3-8-10/h1-3,5,7-8H,4,6H2,(H,11,12). The molecule has 0 aromatic heterocycles. The molecular formula is C10H11O3P. The summed E-state index contributed by atoms with van der Waals surface area (Å²) >= 11 is 0. The van der Waals surface area contributed by atoms with E-state index >= 15 is 0 Å². The van der Waals surface area contributed by atoms with Crippen molar-refractivity contribution in [3.05, 3.63) is 42.2 Å². The summed E-state index contributed by atoms with van der Waals surface area (Å²) in [7, 11) is -3.63. The van der Waals surface area contributed by atoms with Crippen LogP contribution < -0.4 is 5.30 Å². The second-order valence-electron chi connectivity index (χ2n) is 3.16. The summed E-state index contributed by atoms with van der Waals surface area (Å²) in [5, 5.41) is 0.341. The molecule has 1 aromatic rings. The van der Waals surface area contributed by atoms with E-state index in [-0.39, 0.29) is 0 Å². The van der Waals surface area contributed by atoms with Crippen LogP contribution in [0.15, 0.2) is 42.2 Å². The van der Waals surface area contributed by atoms with Crippen molar-refractivity contribution < 1.29 is 14.0 Å². The highest BCUT2D eigenvalue weighted by molar-refractivity contribution is 7.61. The van der Waals surface area contributed by atoms with E-state index in [1.54, 1.807) is 30.3 Å². The molecule has 0 aliphatic heterocycles. The molecule has 3 nitrogen and oxygen atoms in total. The summed E-state index contributed by atoms with van der Waals surface area (Å²) in [5.74, 6) is 0.625. The maximum Gasteiger partial charge on any atom is 0.407 e. The minimum atomic E-state index is -3.63. The first-order valence-corrected chi connectivity index (χ1v) is 6.03. The van der Waals surface area contributed by atoms with Gasteiger partial charge in [0.25, 0.3) is 0 Å². The summed E-state index contributed by atoms with van der Waals surface area (Å²) in [5.41, 5.74) is 0. The monoisotopic (exact) mass is 210 g/mol. The zero-order valence-electron chi connectivity index (χ0n) is 7.59. The molecule has 1 atom stereocenters. The number of rotatable bonds is 3. The van der Waals surface area contributed by atoms with Gasteiger partial charge in [-0.05, 0) is 24.6 Å². The van der Waals surface area contributed by atoms with E-state index in [0.717, 1.165) is 12.8 Å². The van der Waals surface area contributed by atoms with Gasteiger partial charge in [-0.15, -0.1) is 0 Å². The topological polar surface area (TPSA) is 46.5 Å². The average Bonchev–Trinajstić information content (AvgIpc) is 2.13. The van der Waals surface area contributed by atoms with Gasteiger partial charge in [-0.1, -0.05) is 18.2 Å². The molecule has 2 rings (SSSR count). The van der Waals surface area contributed by atoms with Gasteiger partial charge >= 0.3 is 7.60 Å². The highest BCUT2D eigenvalue weighted by atomic mass is 31.2. The Morgan fingerprint density at radius 2 is 1.93 bits per heavy atom. The lowest BCUT2D eigenvalue weighted by molar-refractivity contribution is 0.314. The van der Waals surface area contributed by atoms with Gasteiger partial charge in [0.15, 0.2) is 0 Å². The predicted octanol–water partition coefficient (Wildman–Crippen LogP) is 2.19. The van der Waals surface area contributed by atoms with Gasteiger partial charge < -0.3 is 9.42 Å². The van der Waals surface area contributed by atoms with Gasteiger partial charge in [0.1, 0.15) is 5.76 Å². The van der Waals surface area contributed by atoms with Gasteiger partial charge in [0, 0.05) is 6.42 Å². The van der Waals surface area contributed by atoms with Crippen LogP contribution in [0, 0.1) is 0 Å². The van der Waals surface area contributed by atoms with Crippen LogP contribution in [0.4, 0.5) is 0 Å². The molecule has 1 aromatic carbocycles. The SMILES string of the molecule is O=P(O)(OC1=CCC1)c1ccccc1. The third-order valence-electron chi connectivity index (χ3n) is 2.09. The van der Waals surface area contributed by atoms with Crippen molar-refractivity contribution in [2.24, 2.45) is 0 Å². The first-order chi connectivity index (χ1) is 6.68. The smallest absolute Gasteiger partial charge is 0.407 e. The summed E-state index contributed by atoms with van der Waals surface area (Å²) in [4.78, 5) is 9.61. The van der Waals surface area contributed by atoms with Gasteiger partial charge in [-0.3, -0.25) is 0 Å². The molecule has 14 heavy (non-hydrogen) atoms. The molecule has 1 N–H and O–H groups in total. The quantitative estimate of drug-likeness (QED) is 0.778. The Balaban J connectivity index is 2.19. The lowest BCUT2D eigenvalue weighted by atomic mass is 10.1. The van der Waals surface area contributed by atoms with Crippen LogP contribution in [0.2, 0.25) is 0 Å². The molecule has 1 unspecified atom stereocenters. The van der Waals surface area contributed by atoms with Gasteiger partial charge in [0.05, 0.1) is 5.30 Å². The summed E-state index contributed by atoms with van der Waals surface area (Å²) in [6, 6.07) is 8.43. The number of benzene rings is 1. The van der Waals surface area contributed by atoms with Crippen LogP contribution in [0.5, 0.6) is 0 Å². The summed E-state index contributed by atoms with van der Waals surface area (Å²) in [6.07, 6.45) is 3.52. The molecule has 0 spiro atoms. The highest BCUT2D eigenvalue weighted by Crippen LogP contribution is 2.45. The van der Waals surface area contributed by atoms with Crippen LogP contribution in [0.25, 0.3) is 0 Å². The van der Waals surface area contributed by atoms with E-state index in [1.165, 1.54) is 0 Å². The predicted molar refractivity (Wildman–Crippen MR) is 54.3 cm³/mol. The lowest BCUT2D eigenvalue weighted by Gasteiger charge is -2.19. The molecule has 0 bridgehead atoms. The molecule has 4 heteroatoms. The largest absolute Gasteiger partial charge is 0.426 e. The lowest BCUT2D eigenvalue weighted by Crippen LogP contribution is -2.08. The molecular weight excluding hydrogens is 199 g/mol. The number of hydrogen-bond donors (Lipinski definition) is 1. The summed E-state index contributed by atoms with van der Waals surface area (Å²) in [6.45, 7) is 0. The molecule has 0 radical (unpaired) electrons. The van der Waals surface area contributed by atoms with Crippen molar-refractivity contribution in [1.82, 2.24) is 0 Å². The van der Waals surface area contributed by atoms with Crippen LogP contribution in [-0.4, -0.2) is 4.89 Å². The van der Waals surface area contributed by atoms with E-state index in [2.05, 4.69) is 0 Å². The molecule has 74 valence electrons. The minimum Gasteiger partial charge on any atom is -0.426 e. The van der Waals surface area contributed by atoms with Gasteiger partial charge in [-0.25, -0.2) is 4.57 Å². The first-order valence-electron chi connectivity index (χ1n) is 4.45. The third kappa shape index (κ3) is 1.89. The third-order valence-corrected chi connectivity index (χ3v) is 3.52. The van der Waals surface area contributed by atoms with E-state index in [9.17, 15) is 9.46 Å². The zero-order chi connectivity index (χ0) is 10.0. The van der Waals surface area contributed by atoms with Crippen molar-refractivity contribution in [2.75, 3.05) is 0 Å². The van der Waals surface area contributed by atoms with E-state index in [1.807, 2.05) is 6.08 Å². The minimum absolute atomic E-state index is 0.341. The Labute approximate surface area is 82.6 Å². The van der Waals surface area contributed by atoms with E-state index in [4.69, 9.17) is 4.52 Å². The second-order valence-corrected chi connectivity index (χ2v) is 4.90. The maximum atomic E-state index is 11.7. The summed E-state index contributed by atoms with van der Waals surface area (Å²) < 4.78 is 16.7. The zero-order valence-corrected chi connectivity index (χ0v) is 8.48. The van der Waals surface area contributed by atoms with Crippen molar-refractivity contribution in [2.45, 2.75) is 12.8 Å². The Bertz CT molecular complexity index is 397. The normalized spacial score (nSPS) is 19.1. The molecule has 0 amide bonds. The van der Waals surface area contributed by atoms with Crippen LogP contribution in [0.3, 0.4) is 0 Å². The Kier molecular flexibility index (Phi) is 2.44. The molecule has 1 aliphatic carbocycles. The fraction of sp³-hybridized carbons (Fsp3) is 0.200. The van der Waals surface area contributed by atoms with Crippen molar-refractivity contribution in [3.63, 3.8) is 0 Å². The Morgan fingerprint density at radius 3 is 2.43 bits per heavy atom. The fourth-order valence-corrected chi connectivity index (χ4v) is 2.31. The van der Waals surface area contributed by atoms with Crippen molar-refractivity contribution in [1.29, 1.82) is 0 Å². The first kappa shape index (κ1) is 9.50. The van der Waals surface area contributed by atoms with Crippen molar-refractivity contribution >= 4 is 12.9 Å². The fourth-order valence-electron chi connectivity index (χ4n) is 1.17. The van der Waals surface area contributed by atoms with Crippen LogP contribution >= 0.6 is 7.60 Å². The number of allylic oxidation sites excluding steroid dienone is 2. The van der Waals surface area contributed by atoms with Gasteiger partial charge in [-0.2, -0.15) is 0 Å². The van der Waals surface area contributed by atoms with E-state index < -0.39 is 7.60 Å². The number of hydrogen-bond acceptors (Lipinski definition) is 2. The molecule has 0 saturated carbocycles. The Morgan fingerprint density at radius 1 is 1.29 bits per heavy atom. The van der Waals surface area contributed by atoms with Crippen LogP contribution in [-0.2, 0) is 9.09 Å². The molecule has 1 aliphatic rings. The maximum absolute atomic E-state index is 11.7. The highest BCUT2D eigenvalue weighted by Gasteiger charge is 2.26. The Hall–Kier alpha value is -1.05. The average molecular weight is 210 g/mol. The van der Waals surface area contributed by atoms with Crippen LogP contribution in [0.1, 0.15) is 12.8 Å². The molecule has 0 heterocycles. The second kappa shape index (κ2) is 3.60. The molecule has 0 fully saturated rings. The van der Waals surface area contributed by atoms with Crippen molar-refractivity contribution in [3.8, 4) is 0 Å². The van der Waals surface area contributed by atoms with Gasteiger partial charge in [0.2, 0.25) is 0 Å². The van der Waals surface area contributed by atoms with E-state index in [0.29, 0.717) is 11.1 Å².